The number of aryl methyl sites for hydroxylation is 1. The van der Waals surface area contributed by atoms with E-state index in [0.717, 1.165) is 37.1 Å². The van der Waals surface area contributed by atoms with Crippen LogP contribution in [0.2, 0.25) is 0 Å². The number of phenols is 1. The summed E-state index contributed by atoms with van der Waals surface area (Å²) in [7, 11) is 0. The lowest BCUT2D eigenvalue weighted by Crippen LogP contribution is -2.31. The number of likely N-dealkylation sites (tertiary alicyclic amines) is 1. The van der Waals surface area contributed by atoms with Gasteiger partial charge in [0.1, 0.15) is 5.75 Å². The molecule has 0 radical (unpaired) electrons. The Morgan fingerprint density at radius 3 is 3.00 bits per heavy atom. The molecule has 0 spiro atoms. The Balaban J connectivity index is 2.11. The van der Waals surface area contributed by atoms with Crippen molar-refractivity contribution in [3.05, 3.63) is 29.3 Å². The van der Waals surface area contributed by atoms with Crippen molar-refractivity contribution >= 4 is 0 Å². The number of nitrogens with zero attached hydrogens (tertiary/aromatic N) is 1. The minimum absolute atomic E-state index is 0.215. The van der Waals surface area contributed by atoms with E-state index < -0.39 is 0 Å². The van der Waals surface area contributed by atoms with Crippen molar-refractivity contribution < 1.29 is 10.2 Å². The third-order valence-electron chi connectivity index (χ3n) is 3.40. The molecule has 2 rings (SSSR count). The van der Waals surface area contributed by atoms with Crippen LogP contribution in [-0.2, 0) is 6.54 Å². The van der Waals surface area contributed by atoms with Gasteiger partial charge in [0.05, 0.1) is 6.61 Å². The molecular weight excluding hydrogens is 202 g/mol. The van der Waals surface area contributed by atoms with Gasteiger partial charge in [-0.25, -0.2) is 0 Å². The molecule has 0 aliphatic carbocycles. The molecule has 3 nitrogen and oxygen atoms in total. The molecule has 0 aromatic heterocycles. The first-order valence-corrected chi connectivity index (χ1v) is 5.84. The van der Waals surface area contributed by atoms with E-state index in [1.165, 1.54) is 0 Å². The van der Waals surface area contributed by atoms with Gasteiger partial charge in [0.15, 0.2) is 0 Å². The zero-order valence-corrected chi connectivity index (χ0v) is 9.69. The maximum atomic E-state index is 9.93. The molecule has 0 bridgehead atoms. The number of hydrogen-bond acceptors (Lipinski definition) is 3. The number of rotatable bonds is 3. The van der Waals surface area contributed by atoms with E-state index in [1.807, 2.05) is 25.1 Å². The highest BCUT2D eigenvalue weighted by Crippen LogP contribution is 2.26. The van der Waals surface area contributed by atoms with Crippen molar-refractivity contribution in [1.29, 1.82) is 0 Å². The topological polar surface area (TPSA) is 43.7 Å². The number of phenolic OH excluding ortho intramolecular Hbond substituents is 1. The van der Waals surface area contributed by atoms with E-state index in [4.69, 9.17) is 0 Å². The van der Waals surface area contributed by atoms with Crippen molar-refractivity contribution in [3.8, 4) is 5.75 Å². The summed E-state index contributed by atoms with van der Waals surface area (Å²) in [6.07, 6.45) is 2.20. The van der Waals surface area contributed by atoms with Crippen LogP contribution < -0.4 is 0 Å². The zero-order chi connectivity index (χ0) is 11.5. The summed E-state index contributed by atoms with van der Waals surface area (Å²) < 4.78 is 0. The molecule has 88 valence electrons. The lowest BCUT2D eigenvalue weighted by molar-refractivity contribution is 0.152. The van der Waals surface area contributed by atoms with E-state index >= 15 is 0 Å². The summed E-state index contributed by atoms with van der Waals surface area (Å²) in [5, 5.41) is 19.2. The molecule has 1 aliphatic heterocycles. The Kier molecular flexibility index (Phi) is 3.46. The number of aliphatic hydroxyl groups excluding tert-OH is 1. The lowest BCUT2D eigenvalue weighted by atomic mass is 10.1. The third-order valence-corrected chi connectivity index (χ3v) is 3.40. The van der Waals surface area contributed by atoms with Gasteiger partial charge < -0.3 is 10.2 Å². The summed E-state index contributed by atoms with van der Waals surface area (Å²) in [5.74, 6) is 0.395. The van der Waals surface area contributed by atoms with Gasteiger partial charge in [-0.2, -0.15) is 0 Å². The molecule has 1 atom stereocenters. The minimum atomic E-state index is 0.215. The van der Waals surface area contributed by atoms with E-state index in [0.29, 0.717) is 5.75 Å². The summed E-state index contributed by atoms with van der Waals surface area (Å²) in [6.45, 7) is 3.87. The highest BCUT2D eigenvalue weighted by Gasteiger charge is 2.24. The van der Waals surface area contributed by atoms with Crippen LogP contribution in [0.15, 0.2) is 18.2 Å². The van der Waals surface area contributed by atoms with Crippen molar-refractivity contribution in [3.63, 3.8) is 0 Å². The quantitative estimate of drug-likeness (QED) is 0.815. The number of aliphatic hydroxyl groups is 1. The van der Waals surface area contributed by atoms with Crippen LogP contribution in [0.4, 0.5) is 0 Å². The van der Waals surface area contributed by atoms with Crippen molar-refractivity contribution in [2.45, 2.75) is 32.4 Å². The van der Waals surface area contributed by atoms with Gasteiger partial charge in [-0.3, -0.25) is 4.90 Å². The Morgan fingerprint density at radius 1 is 1.44 bits per heavy atom. The van der Waals surface area contributed by atoms with Crippen LogP contribution in [0.25, 0.3) is 0 Å². The summed E-state index contributed by atoms with van der Waals surface area (Å²) >= 11 is 0. The van der Waals surface area contributed by atoms with Crippen molar-refractivity contribution in [2.75, 3.05) is 13.2 Å². The summed E-state index contributed by atoms with van der Waals surface area (Å²) in [6, 6.07) is 6.09. The van der Waals surface area contributed by atoms with Crippen molar-refractivity contribution in [2.24, 2.45) is 0 Å². The van der Waals surface area contributed by atoms with E-state index in [1.54, 1.807) is 0 Å². The molecule has 2 N–H and O–H groups in total. The largest absolute Gasteiger partial charge is 0.507 e. The SMILES string of the molecule is Cc1cccc(CN2CCCC2CO)c1O. The first kappa shape index (κ1) is 11.4. The van der Waals surface area contributed by atoms with E-state index in [-0.39, 0.29) is 12.6 Å². The molecule has 1 aromatic carbocycles. The fourth-order valence-electron chi connectivity index (χ4n) is 2.38. The maximum absolute atomic E-state index is 9.93. The van der Waals surface area contributed by atoms with Crippen LogP contribution in [0.5, 0.6) is 5.75 Å². The molecule has 16 heavy (non-hydrogen) atoms. The second kappa shape index (κ2) is 4.85. The van der Waals surface area contributed by atoms with Crippen LogP contribution >= 0.6 is 0 Å². The van der Waals surface area contributed by atoms with Gasteiger partial charge in [0, 0.05) is 18.2 Å². The van der Waals surface area contributed by atoms with Crippen molar-refractivity contribution in [1.82, 2.24) is 4.90 Å². The van der Waals surface area contributed by atoms with Gasteiger partial charge in [0.2, 0.25) is 0 Å². The lowest BCUT2D eigenvalue weighted by Gasteiger charge is -2.23. The Morgan fingerprint density at radius 2 is 2.25 bits per heavy atom. The molecular formula is C13H19NO2. The first-order chi connectivity index (χ1) is 7.72. The Bertz CT molecular complexity index is 365. The number of aromatic hydroxyl groups is 1. The van der Waals surface area contributed by atoms with Gasteiger partial charge in [0.25, 0.3) is 0 Å². The Labute approximate surface area is 96.3 Å². The van der Waals surface area contributed by atoms with Crippen LogP contribution in [0.1, 0.15) is 24.0 Å². The predicted molar refractivity (Wildman–Crippen MR) is 63.4 cm³/mol. The number of hydrogen-bond donors (Lipinski definition) is 2. The van der Waals surface area contributed by atoms with Gasteiger partial charge >= 0.3 is 0 Å². The highest BCUT2D eigenvalue weighted by atomic mass is 16.3. The van der Waals surface area contributed by atoms with Gasteiger partial charge in [-0.05, 0) is 31.9 Å². The Hall–Kier alpha value is -1.06. The minimum Gasteiger partial charge on any atom is -0.507 e. The number of para-hydroxylation sites is 1. The summed E-state index contributed by atoms with van der Waals surface area (Å²) in [4.78, 5) is 2.24. The maximum Gasteiger partial charge on any atom is 0.122 e. The predicted octanol–water partition coefficient (Wildman–Crippen LogP) is 1.66. The van der Waals surface area contributed by atoms with Crippen LogP contribution in [0, 0.1) is 6.92 Å². The third kappa shape index (κ3) is 2.20. The smallest absolute Gasteiger partial charge is 0.122 e. The molecule has 1 heterocycles. The normalized spacial score (nSPS) is 21.5. The van der Waals surface area contributed by atoms with Gasteiger partial charge in [-0.15, -0.1) is 0 Å². The molecule has 1 saturated heterocycles. The first-order valence-electron chi connectivity index (χ1n) is 5.84. The molecule has 0 amide bonds. The number of benzene rings is 1. The van der Waals surface area contributed by atoms with Crippen LogP contribution in [0.3, 0.4) is 0 Å². The molecule has 0 saturated carbocycles. The average Bonchev–Trinajstić information content (AvgIpc) is 2.72. The molecule has 1 unspecified atom stereocenters. The van der Waals surface area contributed by atoms with E-state index in [9.17, 15) is 10.2 Å². The zero-order valence-electron chi connectivity index (χ0n) is 9.69. The van der Waals surface area contributed by atoms with Crippen LogP contribution in [-0.4, -0.2) is 34.3 Å². The second-order valence-corrected chi connectivity index (χ2v) is 4.53. The van der Waals surface area contributed by atoms with Gasteiger partial charge in [-0.1, -0.05) is 18.2 Å². The average molecular weight is 221 g/mol. The summed E-state index contributed by atoms with van der Waals surface area (Å²) in [5.41, 5.74) is 1.87. The fraction of sp³-hybridized carbons (Fsp3) is 0.538. The molecule has 1 aromatic rings. The molecule has 3 heteroatoms. The molecule has 1 aliphatic rings. The highest BCUT2D eigenvalue weighted by molar-refractivity contribution is 5.39. The van der Waals surface area contributed by atoms with E-state index in [2.05, 4.69) is 4.90 Å². The fourth-order valence-corrected chi connectivity index (χ4v) is 2.38. The molecule has 1 fully saturated rings. The second-order valence-electron chi connectivity index (χ2n) is 4.53. The standard InChI is InChI=1S/C13H19NO2/c1-10-4-2-5-11(13(10)16)8-14-7-3-6-12(14)9-15/h2,4-5,12,15-16H,3,6-9H2,1H3. The monoisotopic (exact) mass is 221 g/mol.